The first-order chi connectivity index (χ1) is 18.6. The van der Waals surface area contributed by atoms with Gasteiger partial charge in [0.15, 0.2) is 23.0 Å². The SMILES string of the molecule is COc1ccc(C#Cc2ccc3ccc4ccc(C#Cc5ccc(OC)c(OC)c5)nc4c3n2)cc1OC. The fraction of sp³-hybridized carbons (Fsp3) is 0.125. The Labute approximate surface area is 221 Å². The van der Waals surface area contributed by atoms with E-state index in [0.29, 0.717) is 34.4 Å². The number of aromatic nitrogens is 2. The fourth-order valence-electron chi connectivity index (χ4n) is 4.01. The van der Waals surface area contributed by atoms with Crippen molar-refractivity contribution in [1.29, 1.82) is 0 Å². The lowest BCUT2D eigenvalue weighted by molar-refractivity contribution is 0.355. The molecule has 0 N–H and O–H groups in total. The van der Waals surface area contributed by atoms with Gasteiger partial charge in [-0.05, 0) is 72.5 Å². The molecule has 0 saturated heterocycles. The zero-order chi connectivity index (χ0) is 26.5. The molecule has 186 valence electrons. The second kappa shape index (κ2) is 10.8. The van der Waals surface area contributed by atoms with Crippen molar-refractivity contribution in [2.75, 3.05) is 28.4 Å². The highest BCUT2D eigenvalue weighted by atomic mass is 16.5. The van der Waals surface area contributed by atoms with Gasteiger partial charge in [-0.25, -0.2) is 9.97 Å². The van der Waals surface area contributed by atoms with Gasteiger partial charge in [-0.1, -0.05) is 24.0 Å². The average molecular weight is 501 g/mol. The molecule has 6 heteroatoms. The third-order valence-corrected chi connectivity index (χ3v) is 5.96. The Balaban J connectivity index is 1.51. The molecule has 0 aliphatic carbocycles. The average Bonchev–Trinajstić information content (AvgIpc) is 2.98. The molecule has 5 aromatic rings. The van der Waals surface area contributed by atoms with Crippen LogP contribution in [-0.2, 0) is 0 Å². The van der Waals surface area contributed by atoms with Crippen LogP contribution in [0.15, 0.2) is 72.8 Å². The smallest absolute Gasteiger partial charge is 0.161 e. The highest BCUT2D eigenvalue weighted by molar-refractivity contribution is 6.03. The molecule has 0 atom stereocenters. The van der Waals surface area contributed by atoms with Gasteiger partial charge >= 0.3 is 0 Å². The maximum atomic E-state index is 5.38. The third-order valence-electron chi connectivity index (χ3n) is 5.96. The van der Waals surface area contributed by atoms with E-state index in [1.165, 1.54) is 0 Å². The molecule has 2 heterocycles. The van der Waals surface area contributed by atoms with Gasteiger partial charge in [0, 0.05) is 21.9 Å². The summed E-state index contributed by atoms with van der Waals surface area (Å²) >= 11 is 0. The second-order valence-electron chi connectivity index (χ2n) is 8.24. The Morgan fingerprint density at radius 2 is 0.842 bits per heavy atom. The molecule has 38 heavy (non-hydrogen) atoms. The zero-order valence-corrected chi connectivity index (χ0v) is 21.5. The van der Waals surface area contributed by atoms with Gasteiger partial charge in [0.2, 0.25) is 0 Å². The van der Waals surface area contributed by atoms with Crippen molar-refractivity contribution >= 4 is 21.8 Å². The summed E-state index contributed by atoms with van der Waals surface area (Å²) in [5, 5.41) is 1.96. The highest BCUT2D eigenvalue weighted by Crippen LogP contribution is 2.28. The lowest BCUT2D eigenvalue weighted by atomic mass is 10.1. The van der Waals surface area contributed by atoms with E-state index in [0.717, 1.165) is 32.9 Å². The monoisotopic (exact) mass is 500 g/mol. The van der Waals surface area contributed by atoms with Crippen molar-refractivity contribution in [3.8, 4) is 46.7 Å². The van der Waals surface area contributed by atoms with Crippen molar-refractivity contribution < 1.29 is 18.9 Å². The second-order valence-corrected chi connectivity index (χ2v) is 8.24. The predicted molar refractivity (Wildman–Crippen MR) is 148 cm³/mol. The summed E-state index contributed by atoms with van der Waals surface area (Å²) in [7, 11) is 6.41. The summed E-state index contributed by atoms with van der Waals surface area (Å²) in [6.07, 6.45) is 0. The molecule has 0 fully saturated rings. The summed E-state index contributed by atoms with van der Waals surface area (Å²) < 4.78 is 21.4. The van der Waals surface area contributed by atoms with E-state index in [1.54, 1.807) is 28.4 Å². The summed E-state index contributed by atoms with van der Waals surface area (Å²) in [5.74, 6) is 15.2. The van der Waals surface area contributed by atoms with Crippen LogP contribution in [0.3, 0.4) is 0 Å². The Hall–Kier alpha value is -5.20. The molecule has 0 unspecified atom stereocenters. The molecule has 0 radical (unpaired) electrons. The number of fused-ring (bicyclic) bond motifs is 3. The van der Waals surface area contributed by atoms with Crippen molar-refractivity contribution in [1.82, 2.24) is 9.97 Å². The Kier molecular flexibility index (Phi) is 6.97. The van der Waals surface area contributed by atoms with E-state index in [9.17, 15) is 0 Å². The number of pyridine rings is 2. The highest BCUT2D eigenvalue weighted by Gasteiger charge is 2.07. The number of hydrogen-bond donors (Lipinski definition) is 0. The summed E-state index contributed by atoms with van der Waals surface area (Å²) in [5.41, 5.74) is 4.43. The Morgan fingerprint density at radius 1 is 0.447 bits per heavy atom. The third kappa shape index (κ3) is 5.02. The van der Waals surface area contributed by atoms with E-state index in [4.69, 9.17) is 28.9 Å². The molecule has 0 aliphatic heterocycles. The summed E-state index contributed by atoms with van der Waals surface area (Å²) in [6.45, 7) is 0. The van der Waals surface area contributed by atoms with Gasteiger partial charge < -0.3 is 18.9 Å². The lowest BCUT2D eigenvalue weighted by Crippen LogP contribution is -1.92. The van der Waals surface area contributed by atoms with Crippen LogP contribution in [0.1, 0.15) is 22.5 Å². The molecule has 5 rings (SSSR count). The molecule has 0 aliphatic rings. The van der Waals surface area contributed by atoms with Crippen LogP contribution in [0.25, 0.3) is 21.8 Å². The molecule has 0 amide bonds. The predicted octanol–water partition coefficient (Wildman–Crippen LogP) is 5.62. The van der Waals surface area contributed by atoms with Crippen LogP contribution in [0, 0.1) is 23.7 Å². The van der Waals surface area contributed by atoms with Gasteiger partial charge in [0.05, 0.1) is 39.5 Å². The number of hydrogen-bond acceptors (Lipinski definition) is 6. The summed E-state index contributed by atoms with van der Waals surface area (Å²) in [4.78, 5) is 9.65. The number of ether oxygens (including phenoxy) is 4. The Morgan fingerprint density at radius 3 is 1.24 bits per heavy atom. The van der Waals surface area contributed by atoms with Gasteiger partial charge in [-0.15, -0.1) is 0 Å². The maximum absolute atomic E-state index is 5.38. The summed E-state index contributed by atoms with van der Waals surface area (Å²) in [6, 6.07) is 23.0. The minimum atomic E-state index is 0.627. The van der Waals surface area contributed by atoms with Crippen LogP contribution in [0.2, 0.25) is 0 Å². The van der Waals surface area contributed by atoms with E-state index in [2.05, 4.69) is 23.7 Å². The van der Waals surface area contributed by atoms with Gasteiger partial charge in [0.25, 0.3) is 0 Å². The molecule has 0 saturated carbocycles. The van der Waals surface area contributed by atoms with Crippen LogP contribution < -0.4 is 18.9 Å². The minimum Gasteiger partial charge on any atom is -0.493 e. The van der Waals surface area contributed by atoms with Crippen LogP contribution in [-0.4, -0.2) is 38.4 Å². The topological polar surface area (TPSA) is 62.7 Å². The van der Waals surface area contributed by atoms with Crippen molar-refractivity contribution in [3.63, 3.8) is 0 Å². The first kappa shape index (κ1) is 24.5. The van der Waals surface area contributed by atoms with Gasteiger partial charge in [0.1, 0.15) is 11.4 Å². The fourth-order valence-corrected chi connectivity index (χ4v) is 4.01. The molecule has 6 nitrogen and oxygen atoms in total. The number of nitrogens with zero attached hydrogens (tertiary/aromatic N) is 2. The zero-order valence-electron chi connectivity index (χ0n) is 21.5. The quantitative estimate of drug-likeness (QED) is 0.236. The Bertz CT molecular complexity index is 1660. The molecule has 0 spiro atoms. The van der Waals surface area contributed by atoms with Crippen molar-refractivity contribution in [2.24, 2.45) is 0 Å². The standard InChI is InChI=1S/C32H24N2O4/c1-35-27-17-7-21(19-29(27)37-3)5-13-25-15-11-23-9-10-24-12-16-26(34-32(24)31(23)33-25)14-6-22-8-18-28(36-2)30(20-22)38-4/h7-12,15-20H,1-4H3. The van der Waals surface area contributed by atoms with Crippen LogP contribution in [0.5, 0.6) is 23.0 Å². The largest absolute Gasteiger partial charge is 0.493 e. The number of benzene rings is 3. The minimum absolute atomic E-state index is 0.627. The molecule has 0 bridgehead atoms. The molecular weight excluding hydrogens is 476 g/mol. The first-order valence-corrected chi connectivity index (χ1v) is 11.8. The first-order valence-electron chi connectivity index (χ1n) is 11.8. The van der Waals surface area contributed by atoms with Gasteiger partial charge in [-0.3, -0.25) is 0 Å². The lowest BCUT2D eigenvalue weighted by Gasteiger charge is -2.07. The molecular formula is C32H24N2O4. The number of rotatable bonds is 4. The molecule has 2 aromatic heterocycles. The maximum Gasteiger partial charge on any atom is 0.161 e. The van der Waals surface area contributed by atoms with Gasteiger partial charge in [-0.2, -0.15) is 0 Å². The van der Waals surface area contributed by atoms with Crippen LogP contribution >= 0.6 is 0 Å². The van der Waals surface area contributed by atoms with E-state index in [-0.39, 0.29) is 0 Å². The number of methoxy groups -OCH3 is 4. The van der Waals surface area contributed by atoms with Crippen molar-refractivity contribution in [3.05, 3.63) is 95.3 Å². The van der Waals surface area contributed by atoms with E-state index in [1.807, 2.05) is 72.8 Å². The van der Waals surface area contributed by atoms with E-state index < -0.39 is 0 Å². The van der Waals surface area contributed by atoms with Crippen LogP contribution in [0.4, 0.5) is 0 Å². The van der Waals surface area contributed by atoms with E-state index >= 15 is 0 Å². The molecule has 3 aromatic carbocycles. The normalized spacial score (nSPS) is 10.2. The van der Waals surface area contributed by atoms with Crippen molar-refractivity contribution in [2.45, 2.75) is 0 Å².